The Balaban J connectivity index is 1.51. The first kappa shape index (κ1) is 28.3. The van der Waals surface area contributed by atoms with Crippen LogP contribution < -0.4 is 16.0 Å². The zero-order valence-corrected chi connectivity index (χ0v) is 22.8. The van der Waals surface area contributed by atoms with Crippen LogP contribution in [0.3, 0.4) is 0 Å². The maximum atomic E-state index is 13.5. The van der Waals surface area contributed by atoms with E-state index in [1.54, 1.807) is 50.2 Å². The lowest BCUT2D eigenvalue weighted by Gasteiger charge is -2.28. The molecule has 2 aromatic carbocycles. The van der Waals surface area contributed by atoms with E-state index in [4.69, 9.17) is 9.15 Å². The molecule has 1 atom stereocenters. The van der Waals surface area contributed by atoms with Gasteiger partial charge in [-0.05, 0) is 55.8 Å². The Morgan fingerprint density at radius 1 is 1.07 bits per heavy atom. The maximum Gasteiger partial charge on any atom is 0.338 e. The first-order valence-corrected chi connectivity index (χ1v) is 13.6. The molecule has 0 saturated carbocycles. The molecule has 2 amide bonds. The third-order valence-corrected chi connectivity index (χ3v) is 7.07. The molecule has 204 valence electrons. The van der Waals surface area contributed by atoms with Gasteiger partial charge in [0.15, 0.2) is 0 Å². The molecule has 4 rings (SSSR count). The van der Waals surface area contributed by atoms with Crippen LogP contribution in [0.4, 0.5) is 5.69 Å². The average Bonchev–Trinajstić information content (AvgIpc) is 3.50. The first-order chi connectivity index (χ1) is 19.4. The second kappa shape index (κ2) is 13.4. The third kappa shape index (κ3) is 6.81. The summed E-state index contributed by atoms with van der Waals surface area (Å²) >= 11 is 1.19. The monoisotopic (exact) mass is 556 g/mol. The van der Waals surface area contributed by atoms with Crippen molar-refractivity contribution in [3.63, 3.8) is 0 Å². The fourth-order valence-corrected chi connectivity index (χ4v) is 5.08. The molecule has 0 bridgehead atoms. The van der Waals surface area contributed by atoms with Gasteiger partial charge in [0.25, 0.3) is 5.91 Å². The summed E-state index contributed by atoms with van der Waals surface area (Å²) in [5.41, 5.74) is 2.91. The molecule has 9 nitrogen and oxygen atoms in total. The number of carbonyl (C=O) groups excluding carboxylic acids is 3. The number of ether oxygens (including phenoxy) is 1. The van der Waals surface area contributed by atoms with Crippen LogP contribution in [0.5, 0.6) is 0 Å². The Bertz CT molecular complexity index is 1470. The number of rotatable bonds is 10. The molecular formula is C30H28N4O5S. The minimum Gasteiger partial charge on any atom is -0.468 e. The van der Waals surface area contributed by atoms with Crippen LogP contribution in [0.15, 0.2) is 99.3 Å². The van der Waals surface area contributed by atoms with Gasteiger partial charge < -0.3 is 25.1 Å². The molecule has 0 saturated heterocycles. The summed E-state index contributed by atoms with van der Waals surface area (Å²) in [6, 6.07) is 21.5. The molecule has 0 aliphatic carbocycles. The van der Waals surface area contributed by atoms with Crippen LogP contribution in [-0.2, 0) is 20.9 Å². The highest BCUT2D eigenvalue weighted by molar-refractivity contribution is 8.03. The van der Waals surface area contributed by atoms with Gasteiger partial charge in [-0.3, -0.25) is 9.59 Å². The number of nitriles is 1. The number of carbonyl (C=O) groups is 3. The Kier molecular flexibility index (Phi) is 9.44. The first-order valence-electron chi connectivity index (χ1n) is 12.6. The fourth-order valence-electron chi connectivity index (χ4n) is 4.16. The van der Waals surface area contributed by atoms with Crippen molar-refractivity contribution >= 4 is 35.2 Å². The molecule has 2 heterocycles. The smallest absolute Gasteiger partial charge is 0.338 e. The van der Waals surface area contributed by atoms with Gasteiger partial charge >= 0.3 is 5.97 Å². The number of hydrogen-bond acceptors (Lipinski definition) is 8. The average molecular weight is 557 g/mol. The minimum absolute atomic E-state index is 0.0762. The van der Waals surface area contributed by atoms with Gasteiger partial charge in [-0.2, -0.15) is 5.26 Å². The van der Waals surface area contributed by atoms with Crippen LogP contribution in [0, 0.1) is 11.3 Å². The predicted molar refractivity (Wildman–Crippen MR) is 152 cm³/mol. The molecule has 10 heteroatoms. The number of hydrogen-bond donors (Lipinski definition) is 3. The number of nitrogens with one attached hydrogen (secondary N) is 3. The molecule has 1 aliphatic heterocycles. The standard InChI is InChI=1S/C30H28N4O5S/c1-3-38-30(37)21-11-13-22(14-12-21)34-28(36)26-19(2)33-29(23(16-31)27(26)24-10-7-15-39-24)40-18-25(35)32-17-20-8-5-4-6-9-20/h4-15,27,33H,3,17-18H2,1-2H3,(H,32,35)(H,34,36)/t27-/m0/s1. The second-order valence-corrected chi connectivity index (χ2v) is 9.76. The van der Waals surface area contributed by atoms with E-state index >= 15 is 0 Å². The number of allylic oxidation sites excluding steroid dienone is 2. The number of benzene rings is 2. The third-order valence-electron chi connectivity index (χ3n) is 6.05. The lowest BCUT2D eigenvalue weighted by atomic mass is 9.85. The largest absolute Gasteiger partial charge is 0.468 e. The highest BCUT2D eigenvalue weighted by Gasteiger charge is 2.36. The predicted octanol–water partition coefficient (Wildman–Crippen LogP) is 4.84. The quantitative estimate of drug-likeness (QED) is 0.302. The number of anilines is 1. The number of amides is 2. The summed E-state index contributed by atoms with van der Waals surface area (Å²) in [5.74, 6) is -1.36. The zero-order chi connectivity index (χ0) is 28.5. The van der Waals surface area contributed by atoms with Crippen LogP contribution in [-0.4, -0.2) is 30.1 Å². The molecule has 0 radical (unpaired) electrons. The van der Waals surface area contributed by atoms with Gasteiger partial charge in [-0.1, -0.05) is 42.1 Å². The molecule has 3 N–H and O–H groups in total. The van der Waals surface area contributed by atoms with Gasteiger partial charge in [0.2, 0.25) is 5.91 Å². The Morgan fingerprint density at radius 3 is 2.48 bits per heavy atom. The number of esters is 1. The van der Waals surface area contributed by atoms with Gasteiger partial charge in [-0.25, -0.2) is 4.79 Å². The van der Waals surface area contributed by atoms with E-state index in [1.807, 2.05) is 30.3 Å². The summed E-state index contributed by atoms with van der Waals surface area (Å²) in [6.07, 6.45) is 1.48. The van der Waals surface area contributed by atoms with Crippen molar-refractivity contribution in [1.82, 2.24) is 10.6 Å². The molecule has 0 unspecified atom stereocenters. The minimum atomic E-state index is -0.782. The summed E-state index contributed by atoms with van der Waals surface area (Å²) < 4.78 is 10.6. The molecular weight excluding hydrogens is 528 g/mol. The maximum absolute atomic E-state index is 13.5. The Labute approximate surface area is 236 Å². The second-order valence-electron chi connectivity index (χ2n) is 8.77. The lowest BCUT2D eigenvalue weighted by Crippen LogP contribution is -2.31. The molecule has 0 spiro atoms. The Morgan fingerprint density at radius 2 is 1.82 bits per heavy atom. The van der Waals surface area contributed by atoms with Crippen molar-refractivity contribution in [3.8, 4) is 6.07 Å². The van der Waals surface area contributed by atoms with Crippen LogP contribution in [0.1, 0.15) is 41.4 Å². The lowest BCUT2D eigenvalue weighted by molar-refractivity contribution is -0.118. The summed E-state index contributed by atoms with van der Waals surface area (Å²) in [4.78, 5) is 38.0. The van der Waals surface area contributed by atoms with Gasteiger partial charge in [0, 0.05) is 17.9 Å². The van der Waals surface area contributed by atoms with E-state index in [1.165, 1.54) is 18.0 Å². The molecule has 40 heavy (non-hydrogen) atoms. The van der Waals surface area contributed by atoms with E-state index in [9.17, 15) is 19.6 Å². The van der Waals surface area contributed by atoms with Crippen molar-refractivity contribution < 1.29 is 23.5 Å². The highest BCUT2D eigenvalue weighted by atomic mass is 32.2. The van der Waals surface area contributed by atoms with Crippen molar-refractivity contribution in [2.75, 3.05) is 17.7 Å². The van der Waals surface area contributed by atoms with E-state index in [0.717, 1.165) is 5.56 Å². The van der Waals surface area contributed by atoms with Crippen molar-refractivity contribution in [2.24, 2.45) is 0 Å². The van der Waals surface area contributed by atoms with Crippen LogP contribution >= 0.6 is 11.8 Å². The summed E-state index contributed by atoms with van der Waals surface area (Å²) in [6.45, 7) is 4.12. The number of thioether (sulfide) groups is 1. The van der Waals surface area contributed by atoms with E-state index < -0.39 is 17.8 Å². The van der Waals surface area contributed by atoms with E-state index in [2.05, 4.69) is 22.0 Å². The highest BCUT2D eigenvalue weighted by Crippen LogP contribution is 2.41. The fraction of sp³-hybridized carbons (Fsp3) is 0.200. The number of nitrogens with zero attached hydrogens (tertiary/aromatic N) is 1. The van der Waals surface area contributed by atoms with Crippen molar-refractivity contribution in [2.45, 2.75) is 26.3 Å². The van der Waals surface area contributed by atoms with Crippen molar-refractivity contribution in [1.29, 1.82) is 5.26 Å². The van der Waals surface area contributed by atoms with Crippen molar-refractivity contribution in [3.05, 3.63) is 112 Å². The normalized spacial score (nSPS) is 14.7. The molecule has 1 aromatic heterocycles. The van der Waals surface area contributed by atoms with E-state index in [-0.39, 0.29) is 23.8 Å². The topological polar surface area (TPSA) is 133 Å². The number of furan rings is 1. The van der Waals surface area contributed by atoms with Gasteiger partial charge in [-0.15, -0.1) is 0 Å². The summed E-state index contributed by atoms with van der Waals surface area (Å²) in [7, 11) is 0. The van der Waals surface area contributed by atoms with Crippen LogP contribution in [0.2, 0.25) is 0 Å². The van der Waals surface area contributed by atoms with Crippen LogP contribution in [0.25, 0.3) is 0 Å². The zero-order valence-electron chi connectivity index (χ0n) is 22.0. The van der Waals surface area contributed by atoms with Gasteiger partial charge in [0.05, 0.1) is 52.3 Å². The molecule has 0 fully saturated rings. The SMILES string of the molecule is CCOC(=O)c1ccc(NC(=O)C2=C(C)NC(SCC(=O)NCc3ccccc3)=C(C#N)[C@H]2c2ccco2)cc1. The molecule has 1 aliphatic rings. The van der Waals surface area contributed by atoms with E-state index in [0.29, 0.717) is 39.9 Å². The number of dihydropyridines is 1. The summed E-state index contributed by atoms with van der Waals surface area (Å²) in [5, 5.41) is 19.5. The Hall–Kier alpha value is -4.75. The molecule has 3 aromatic rings. The van der Waals surface area contributed by atoms with Gasteiger partial charge in [0.1, 0.15) is 5.76 Å².